The Morgan fingerprint density at radius 2 is 2.07 bits per heavy atom. The maximum Gasteiger partial charge on any atom is 0.0624 e. The van der Waals surface area contributed by atoms with E-state index in [9.17, 15) is 0 Å². The summed E-state index contributed by atoms with van der Waals surface area (Å²) in [6, 6.07) is 2.34. The summed E-state index contributed by atoms with van der Waals surface area (Å²) >= 11 is 0. The molecule has 3 nitrogen and oxygen atoms in total. The number of hydrogen-bond acceptors (Lipinski definition) is 2. The molecule has 1 unspecified atom stereocenters. The Morgan fingerprint density at radius 1 is 1.47 bits per heavy atom. The topological polar surface area (TPSA) is 43.8 Å². The Hall–Kier alpha value is -0.830. The Bertz CT molecular complexity index is 320. The van der Waals surface area contributed by atoms with E-state index in [1.807, 2.05) is 11.7 Å². The predicted octanol–water partition coefficient (Wildman–Crippen LogP) is 1.90. The molecule has 1 heterocycles. The van der Waals surface area contributed by atoms with Crippen LogP contribution in [-0.2, 0) is 19.9 Å². The van der Waals surface area contributed by atoms with E-state index in [0.717, 1.165) is 18.5 Å². The molecule has 0 spiro atoms. The summed E-state index contributed by atoms with van der Waals surface area (Å²) in [7, 11) is 1.99. The fourth-order valence-electron chi connectivity index (χ4n) is 1.47. The third-order valence-electron chi connectivity index (χ3n) is 2.93. The van der Waals surface area contributed by atoms with E-state index in [4.69, 9.17) is 5.73 Å². The molecule has 0 aliphatic rings. The van der Waals surface area contributed by atoms with Gasteiger partial charge in [-0.05, 0) is 17.9 Å². The quantitative estimate of drug-likeness (QED) is 0.826. The fourth-order valence-corrected chi connectivity index (χ4v) is 1.47. The molecular weight excluding hydrogens is 186 g/mol. The molecule has 1 aromatic heterocycles. The highest BCUT2D eigenvalue weighted by Gasteiger charge is 2.22. The number of nitrogens with two attached hydrogens (primary N) is 1. The summed E-state index contributed by atoms with van der Waals surface area (Å²) in [5.74, 6) is 0. The van der Waals surface area contributed by atoms with Gasteiger partial charge in [0.25, 0.3) is 0 Å². The standard InChI is InChI=1S/C12H23N3/c1-6-9-7-10(15(5)14-9)8-11(13)12(2,3)4/h7,11H,6,8,13H2,1-5H3. The van der Waals surface area contributed by atoms with Gasteiger partial charge in [0.15, 0.2) is 0 Å². The van der Waals surface area contributed by atoms with Crippen molar-refractivity contribution < 1.29 is 0 Å². The van der Waals surface area contributed by atoms with Crippen molar-refractivity contribution in [2.24, 2.45) is 18.2 Å². The second-order valence-corrected chi connectivity index (χ2v) is 5.28. The second-order valence-electron chi connectivity index (χ2n) is 5.28. The molecule has 0 aliphatic heterocycles. The number of aryl methyl sites for hydroxylation is 2. The molecule has 3 heteroatoms. The van der Waals surface area contributed by atoms with E-state index in [-0.39, 0.29) is 11.5 Å². The number of hydrogen-bond donors (Lipinski definition) is 1. The molecule has 2 N–H and O–H groups in total. The maximum atomic E-state index is 6.16. The van der Waals surface area contributed by atoms with Gasteiger partial charge in [-0.15, -0.1) is 0 Å². The van der Waals surface area contributed by atoms with E-state index >= 15 is 0 Å². The average Bonchev–Trinajstić information content (AvgIpc) is 2.45. The van der Waals surface area contributed by atoms with Crippen molar-refractivity contribution in [3.05, 3.63) is 17.5 Å². The minimum Gasteiger partial charge on any atom is -0.327 e. The highest BCUT2D eigenvalue weighted by Crippen LogP contribution is 2.20. The van der Waals surface area contributed by atoms with Crippen LogP contribution in [0, 0.1) is 5.41 Å². The largest absolute Gasteiger partial charge is 0.327 e. The van der Waals surface area contributed by atoms with Crippen LogP contribution >= 0.6 is 0 Å². The Morgan fingerprint density at radius 3 is 2.47 bits per heavy atom. The van der Waals surface area contributed by atoms with E-state index in [1.54, 1.807) is 0 Å². The molecule has 0 fully saturated rings. The van der Waals surface area contributed by atoms with E-state index < -0.39 is 0 Å². The number of aromatic nitrogens is 2. The molecule has 0 aliphatic carbocycles. The van der Waals surface area contributed by atoms with E-state index in [2.05, 4.69) is 38.9 Å². The highest BCUT2D eigenvalue weighted by molar-refractivity contribution is 5.12. The summed E-state index contributed by atoms with van der Waals surface area (Å²) in [4.78, 5) is 0. The molecule has 15 heavy (non-hydrogen) atoms. The van der Waals surface area contributed by atoms with E-state index in [1.165, 1.54) is 5.69 Å². The minimum atomic E-state index is 0.149. The third kappa shape index (κ3) is 3.06. The first kappa shape index (κ1) is 12.2. The van der Waals surface area contributed by atoms with Crippen molar-refractivity contribution in [2.75, 3.05) is 0 Å². The lowest BCUT2D eigenvalue weighted by Gasteiger charge is -2.26. The lowest BCUT2D eigenvalue weighted by Crippen LogP contribution is -2.37. The van der Waals surface area contributed by atoms with Gasteiger partial charge in [-0.25, -0.2) is 0 Å². The van der Waals surface area contributed by atoms with Gasteiger partial charge in [0.2, 0.25) is 0 Å². The molecule has 0 amide bonds. The summed E-state index contributed by atoms with van der Waals surface area (Å²) in [6.45, 7) is 8.65. The number of rotatable bonds is 3. The first-order valence-corrected chi connectivity index (χ1v) is 5.62. The Kier molecular flexibility index (Phi) is 3.55. The molecule has 0 bridgehead atoms. The van der Waals surface area contributed by atoms with Crippen LogP contribution in [0.4, 0.5) is 0 Å². The van der Waals surface area contributed by atoms with Crippen molar-refractivity contribution in [3.63, 3.8) is 0 Å². The van der Waals surface area contributed by atoms with Crippen LogP contribution in [0.2, 0.25) is 0 Å². The zero-order chi connectivity index (χ0) is 11.6. The fraction of sp³-hybridized carbons (Fsp3) is 0.750. The van der Waals surface area contributed by atoms with Crippen molar-refractivity contribution in [1.82, 2.24) is 9.78 Å². The van der Waals surface area contributed by atoms with E-state index in [0.29, 0.717) is 0 Å². The highest BCUT2D eigenvalue weighted by atomic mass is 15.3. The van der Waals surface area contributed by atoms with Gasteiger partial charge in [-0.2, -0.15) is 5.10 Å². The van der Waals surface area contributed by atoms with Crippen LogP contribution in [-0.4, -0.2) is 15.8 Å². The van der Waals surface area contributed by atoms with Crippen molar-refractivity contribution >= 4 is 0 Å². The summed E-state index contributed by atoms with van der Waals surface area (Å²) < 4.78 is 1.95. The first-order valence-electron chi connectivity index (χ1n) is 5.62. The van der Waals surface area contributed by atoms with Crippen LogP contribution < -0.4 is 5.73 Å². The summed E-state index contributed by atoms with van der Waals surface area (Å²) in [5, 5.41) is 4.43. The lowest BCUT2D eigenvalue weighted by molar-refractivity contribution is 0.314. The molecular formula is C12H23N3. The molecule has 1 aromatic rings. The zero-order valence-electron chi connectivity index (χ0n) is 10.5. The molecule has 86 valence electrons. The van der Waals surface area contributed by atoms with Crippen LogP contribution in [0.1, 0.15) is 39.1 Å². The molecule has 1 rings (SSSR count). The van der Waals surface area contributed by atoms with Gasteiger partial charge in [0, 0.05) is 25.2 Å². The molecule has 0 saturated heterocycles. The zero-order valence-corrected chi connectivity index (χ0v) is 10.5. The molecule has 0 radical (unpaired) electrons. The minimum absolute atomic E-state index is 0.149. The van der Waals surface area contributed by atoms with Gasteiger partial charge in [-0.1, -0.05) is 27.7 Å². The average molecular weight is 209 g/mol. The Balaban J connectivity index is 2.76. The second kappa shape index (κ2) is 4.35. The van der Waals surface area contributed by atoms with Gasteiger partial charge < -0.3 is 5.73 Å². The molecule has 0 aromatic carbocycles. The van der Waals surface area contributed by atoms with Crippen molar-refractivity contribution in [3.8, 4) is 0 Å². The SMILES string of the molecule is CCc1cc(CC(N)C(C)(C)C)n(C)n1. The summed E-state index contributed by atoms with van der Waals surface area (Å²) in [6.07, 6.45) is 1.88. The molecule has 1 atom stereocenters. The maximum absolute atomic E-state index is 6.16. The number of nitrogens with zero attached hydrogens (tertiary/aromatic N) is 2. The monoisotopic (exact) mass is 209 g/mol. The molecule has 0 saturated carbocycles. The van der Waals surface area contributed by atoms with Crippen molar-refractivity contribution in [1.29, 1.82) is 0 Å². The third-order valence-corrected chi connectivity index (χ3v) is 2.93. The first-order chi connectivity index (χ1) is 6.84. The van der Waals surface area contributed by atoms with Gasteiger partial charge >= 0.3 is 0 Å². The lowest BCUT2D eigenvalue weighted by atomic mass is 9.85. The predicted molar refractivity (Wildman–Crippen MR) is 63.7 cm³/mol. The van der Waals surface area contributed by atoms with Crippen LogP contribution in [0.5, 0.6) is 0 Å². The van der Waals surface area contributed by atoms with Gasteiger partial charge in [-0.3, -0.25) is 4.68 Å². The van der Waals surface area contributed by atoms with Crippen molar-refractivity contribution in [2.45, 2.75) is 46.6 Å². The normalized spacial score (nSPS) is 14.3. The summed E-state index contributed by atoms with van der Waals surface area (Å²) in [5.41, 5.74) is 8.69. The Labute approximate surface area is 92.7 Å². The van der Waals surface area contributed by atoms with Crippen LogP contribution in [0.3, 0.4) is 0 Å². The van der Waals surface area contributed by atoms with Crippen LogP contribution in [0.25, 0.3) is 0 Å². The smallest absolute Gasteiger partial charge is 0.0624 e. The van der Waals surface area contributed by atoms with Gasteiger partial charge in [0.1, 0.15) is 0 Å². The van der Waals surface area contributed by atoms with Crippen LogP contribution in [0.15, 0.2) is 6.07 Å². The van der Waals surface area contributed by atoms with Gasteiger partial charge in [0.05, 0.1) is 5.69 Å².